The number of nitrogens with one attached hydrogen (secondary N) is 1. The van der Waals surface area contributed by atoms with Gasteiger partial charge in [-0.15, -0.1) is 11.3 Å². The van der Waals surface area contributed by atoms with Gasteiger partial charge < -0.3 is 14.8 Å². The molecule has 5 nitrogen and oxygen atoms in total. The lowest BCUT2D eigenvalue weighted by molar-refractivity contribution is 0.354. The second-order valence-corrected chi connectivity index (χ2v) is 9.49. The van der Waals surface area contributed by atoms with Crippen LogP contribution in [-0.2, 0) is 25.7 Å². The van der Waals surface area contributed by atoms with Crippen molar-refractivity contribution in [2.75, 3.05) is 26.1 Å². The van der Waals surface area contributed by atoms with Gasteiger partial charge in [0.1, 0.15) is 16.5 Å². The molecule has 0 unspecified atom stereocenters. The van der Waals surface area contributed by atoms with Gasteiger partial charge in [0.25, 0.3) is 0 Å². The highest BCUT2D eigenvalue weighted by Crippen LogP contribution is 2.39. The normalized spacial score (nSPS) is 13.0. The first-order chi connectivity index (χ1) is 16.2. The van der Waals surface area contributed by atoms with E-state index in [2.05, 4.69) is 35.6 Å². The summed E-state index contributed by atoms with van der Waals surface area (Å²) in [5.74, 6) is 3.37. The van der Waals surface area contributed by atoms with Gasteiger partial charge >= 0.3 is 0 Å². The summed E-state index contributed by atoms with van der Waals surface area (Å²) in [5.41, 5.74) is 3.89. The number of aromatic nitrogens is 2. The van der Waals surface area contributed by atoms with Crippen LogP contribution in [0.15, 0.2) is 48.5 Å². The first-order valence-electron chi connectivity index (χ1n) is 11.5. The Hall–Kier alpha value is -3.12. The molecule has 0 fully saturated rings. The van der Waals surface area contributed by atoms with Gasteiger partial charge in [0.2, 0.25) is 0 Å². The quantitative estimate of drug-likeness (QED) is 0.359. The predicted octanol–water partition coefficient (Wildman–Crippen LogP) is 5.83. The maximum Gasteiger partial charge on any atom is 0.160 e. The Morgan fingerprint density at radius 2 is 1.73 bits per heavy atom. The molecule has 33 heavy (non-hydrogen) atoms. The Morgan fingerprint density at radius 1 is 0.909 bits per heavy atom. The number of methoxy groups -OCH3 is 2. The minimum absolute atomic E-state index is 0.740. The summed E-state index contributed by atoms with van der Waals surface area (Å²) in [4.78, 5) is 12.6. The molecule has 0 amide bonds. The number of hydrogen-bond donors (Lipinski definition) is 1. The molecule has 0 saturated heterocycles. The smallest absolute Gasteiger partial charge is 0.160 e. The van der Waals surface area contributed by atoms with E-state index in [0.29, 0.717) is 0 Å². The molecule has 2 heterocycles. The van der Waals surface area contributed by atoms with Gasteiger partial charge in [-0.05, 0) is 60.9 Å². The Kier molecular flexibility index (Phi) is 6.44. The molecule has 0 atom stereocenters. The van der Waals surface area contributed by atoms with Crippen LogP contribution in [0.3, 0.4) is 0 Å². The lowest BCUT2D eigenvalue weighted by Gasteiger charge is -2.14. The van der Waals surface area contributed by atoms with Crippen molar-refractivity contribution in [3.8, 4) is 11.5 Å². The fourth-order valence-electron chi connectivity index (χ4n) is 4.55. The number of aryl methyl sites for hydroxylation is 2. The van der Waals surface area contributed by atoms with Crippen LogP contribution in [0, 0.1) is 0 Å². The summed E-state index contributed by atoms with van der Waals surface area (Å²) >= 11 is 1.86. The lowest BCUT2D eigenvalue weighted by atomic mass is 9.97. The van der Waals surface area contributed by atoms with E-state index in [9.17, 15) is 0 Å². The average Bonchev–Trinajstić information content (AvgIpc) is 3.23. The maximum atomic E-state index is 5.46. The summed E-state index contributed by atoms with van der Waals surface area (Å²) in [5, 5.41) is 4.88. The van der Waals surface area contributed by atoms with E-state index in [0.717, 1.165) is 60.2 Å². The number of fused-ring (bicyclic) bond motifs is 3. The van der Waals surface area contributed by atoms with Crippen LogP contribution in [0.5, 0.6) is 11.5 Å². The lowest BCUT2D eigenvalue weighted by Crippen LogP contribution is -2.10. The Morgan fingerprint density at radius 3 is 2.55 bits per heavy atom. The molecule has 4 aromatic rings. The van der Waals surface area contributed by atoms with Crippen molar-refractivity contribution >= 4 is 27.4 Å². The van der Waals surface area contributed by atoms with Crippen LogP contribution in [0.1, 0.15) is 40.2 Å². The molecule has 2 aromatic carbocycles. The first kappa shape index (κ1) is 21.7. The van der Waals surface area contributed by atoms with Crippen LogP contribution in [0.4, 0.5) is 5.82 Å². The molecule has 1 N–H and O–H groups in total. The topological polar surface area (TPSA) is 56.3 Å². The fraction of sp³-hybridized carbons (Fsp3) is 0.333. The fourth-order valence-corrected chi connectivity index (χ4v) is 5.83. The van der Waals surface area contributed by atoms with Crippen molar-refractivity contribution in [2.24, 2.45) is 0 Å². The molecular formula is C27H29N3O2S. The van der Waals surface area contributed by atoms with Crippen molar-refractivity contribution in [3.63, 3.8) is 0 Å². The van der Waals surface area contributed by atoms with Gasteiger partial charge in [0.05, 0.1) is 19.6 Å². The van der Waals surface area contributed by atoms with Gasteiger partial charge in [0.15, 0.2) is 11.5 Å². The SMILES string of the molecule is COc1ccc(CCNc2nc(Cc3ccccc3)nc3sc4c(c23)CCCC4)cc1OC. The van der Waals surface area contributed by atoms with E-state index in [1.54, 1.807) is 14.2 Å². The molecule has 5 rings (SSSR count). The van der Waals surface area contributed by atoms with Gasteiger partial charge in [-0.3, -0.25) is 0 Å². The van der Waals surface area contributed by atoms with E-state index < -0.39 is 0 Å². The Balaban J connectivity index is 1.42. The molecule has 170 valence electrons. The maximum absolute atomic E-state index is 5.46. The van der Waals surface area contributed by atoms with E-state index in [1.807, 2.05) is 29.5 Å². The third kappa shape index (κ3) is 4.67. The molecule has 0 bridgehead atoms. The highest BCUT2D eigenvalue weighted by atomic mass is 32.1. The van der Waals surface area contributed by atoms with Crippen molar-refractivity contribution in [1.82, 2.24) is 9.97 Å². The molecule has 1 aliphatic carbocycles. The number of anilines is 1. The molecule has 0 spiro atoms. The highest BCUT2D eigenvalue weighted by molar-refractivity contribution is 7.19. The molecule has 1 aliphatic rings. The van der Waals surface area contributed by atoms with Gasteiger partial charge in [-0.2, -0.15) is 0 Å². The third-order valence-electron chi connectivity index (χ3n) is 6.22. The monoisotopic (exact) mass is 459 g/mol. The molecule has 0 saturated carbocycles. The molecule has 0 radical (unpaired) electrons. The summed E-state index contributed by atoms with van der Waals surface area (Å²) in [6, 6.07) is 16.6. The van der Waals surface area contributed by atoms with Crippen LogP contribution in [-0.4, -0.2) is 30.7 Å². The number of hydrogen-bond acceptors (Lipinski definition) is 6. The van der Waals surface area contributed by atoms with Crippen LogP contribution in [0.25, 0.3) is 10.2 Å². The van der Waals surface area contributed by atoms with Crippen molar-refractivity contribution in [2.45, 2.75) is 38.5 Å². The zero-order chi connectivity index (χ0) is 22.6. The largest absolute Gasteiger partial charge is 0.493 e. The van der Waals surface area contributed by atoms with E-state index in [-0.39, 0.29) is 0 Å². The number of nitrogens with zero attached hydrogens (tertiary/aromatic N) is 2. The molecule has 0 aliphatic heterocycles. The molecule has 6 heteroatoms. The minimum Gasteiger partial charge on any atom is -0.493 e. The predicted molar refractivity (Wildman–Crippen MR) is 135 cm³/mol. The molecule has 2 aromatic heterocycles. The summed E-state index contributed by atoms with van der Waals surface area (Å²) in [6.07, 6.45) is 6.41. The summed E-state index contributed by atoms with van der Waals surface area (Å²) < 4.78 is 10.8. The average molecular weight is 460 g/mol. The van der Waals surface area contributed by atoms with Crippen LogP contribution in [0.2, 0.25) is 0 Å². The van der Waals surface area contributed by atoms with Crippen LogP contribution < -0.4 is 14.8 Å². The zero-order valence-electron chi connectivity index (χ0n) is 19.2. The standard InChI is InChI=1S/C27H29N3O2S/c1-31-21-13-12-19(16-22(21)32-2)14-15-28-26-25-20-10-6-7-11-23(20)33-27(25)30-24(29-26)17-18-8-4-3-5-9-18/h3-5,8-9,12-13,16H,6-7,10-11,14-15,17H2,1-2H3,(H,28,29,30). The minimum atomic E-state index is 0.740. The van der Waals surface area contributed by atoms with Crippen LogP contribution >= 0.6 is 11.3 Å². The second kappa shape index (κ2) is 9.79. The second-order valence-electron chi connectivity index (χ2n) is 8.41. The Bertz CT molecular complexity index is 1250. The number of rotatable bonds is 8. The number of ether oxygens (including phenoxy) is 2. The first-order valence-corrected chi connectivity index (χ1v) is 12.4. The summed E-state index contributed by atoms with van der Waals surface area (Å²) in [7, 11) is 3.33. The molecular weight excluding hydrogens is 430 g/mol. The van der Waals surface area contributed by atoms with Crippen molar-refractivity contribution < 1.29 is 9.47 Å². The van der Waals surface area contributed by atoms with E-state index in [1.165, 1.54) is 39.8 Å². The van der Waals surface area contributed by atoms with Crippen molar-refractivity contribution in [1.29, 1.82) is 0 Å². The van der Waals surface area contributed by atoms with Gasteiger partial charge in [-0.25, -0.2) is 9.97 Å². The van der Waals surface area contributed by atoms with Gasteiger partial charge in [-0.1, -0.05) is 36.4 Å². The van der Waals surface area contributed by atoms with E-state index >= 15 is 0 Å². The highest BCUT2D eigenvalue weighted by Gasteiger charge is 2.21. The van der Waals surface area contributed by atoms with E-state index in [4.69, 9.17) is 19.4 Å². The zero-order valence-corrected chi connectivity index (χ0v) is 20.0. The van der Waals surface area contributed by atoms with Gasteiger partial charge in [0, 0.05) is 17.8 Å². The summed E-state index contributed by atoms with van der Waals surface area (Å²) in [6.45, 7) is 0.789. The third-order valence-corrected chi connectivity index (χ3v) is 7.41. The number of benzene rings is 2. The Labute approximate surface area is 198 Å². The number of thiophene rings is 1. The van der Waals surface area contributed by atoms with Crippen molar-refractivity contribution in [3.05, 3.63) is 75.9 Å².